The number of halogens is 1. The summed E-state index contributed by atoms with van der Waals surface area (Å²) in [4.78, 5) is 29.6. The van der Waals surface area contributed by atoms with E-state index >= 15 is 0 Å². The fraction of sp³-hybridized carbons (Fsp3) is 0.476. The molecule has 1 atom stereocenters. The van der Waals surface area contributed by atoms with Gasteiger partial charge in [0.15, 0.2) is 5.16 Å². The molecule has 1 amide bonds. The summed E-state index contributed by atoms with van der Waals surface area (Å²) in [6.07, 6.45) is 3.56. The van der Waals surface area contributed by atoms with Crippen LogP contribution in [-0.4, -0.2) is 27.3 Å². The van der Waals surface area contributed by atoms with Gasteiger partial charge in [0.25, 0.3) is 5.56 Å². The average molecular weight is 406 g/mol. The van der Waals surface area contributed by atoms with Crippen molar-refractivity contribution in [3.63, 3.8) is 0 Å². The number of benzene rings is 1. The Bertz CT molecular complexity index is 865. The minimum atomic E-state index is -0.345. The number of aromatic nitrogens is 2. The lowest BCUT2D eigenvalue weighted by molar-refractivity contribution is -0.120. The van der Waals surface area contributed by atoms with Crippen LogP contribution in [0.15, 0.2) is 34.2 Å². The first-order valence-electron chi connectivity index (χ1n) is 9.58. The van der Waals surface area contributed by atoms with Crippen LogP contribution in [0, 0.1) is 12.7 Å². The van der Waals surface area contributed by atoms with Gasteiger partial charge in [-0.25, -0.2) is 9.37 Å². The molecule has 0 aliphatic carbocycles. The molecule has 1 aromatic carbocycles. The van der Waals surface area contributed by atoms with E-state index in [0.29, 0.717) is 29.4 Å². The number of hydrogen-bond donors (Lipinski definition) is 1. The summed E-state index contributed by atoms with van der Waals surface area (Å²) in [7, 11) is 1.66. The highest BCUT2D eigenvalue weighted by atomic mass is 32.2. The van der Waals surface area contributed by atoms with Crippen molar-refractivity contribution >= 4 is 17.7 Å². The number of carbonyl (C=O) groups is 1. The van der Waals surface area contributed by atoms with Crippen molar-refractivity contribution in [1.82, 2.24) is 14.9 Å². The Morgan fingerprint density at radius 2 is 1.96 bits per heavy atom. The molecular formula is C21H28FN3O2S. The molecule has 0 aliphatic heterocycles. The SMILES string of the molecule is CCCCCNC(=O)C(C)Sc1nc(C)c(Cc2ccc(F)cc2)c(=O)n1C. The molecular weight excluding hydrogens is 377 g/mol. The van der Waals surface area contributed by atoms with Crippen LogP contribution in [0.4, 0.5) is 4.39 Å². The lowest BCUT2D eigenvalue weighted by atomic mass is 10.1. The Labute approximate surface area is 169 Å². The van der Waals surface area contributed by atoms with Crippen LogP contribution >= 0.6 is 11.8 Å². The van der Waals surface area contributed by atoms with Crippen molar-refractivity contribution in [2.24, 2.45) is 7.05 Å². The minimum absolute atomic E-state index is 0.0524. The zero-order valence-corrected chi connectivity index (χ0v) is 17.7. The van der Waals surface area contributed by atoms with E-state index in [4.69, 9.17) is 0 Å². The first-order valence-corrected chi connectivity index (χ1v) is 10.5. The van der Waals surface area contributed by atoms with E-state index in [-0.39, 0.29) is 22.5 Å². The fourth-order valence-corrected chi connectivity index (χ4v) is 3.72. The third-order valence-corrected chi connectivity index (χ3v) is 5.72. The van der Waals surface area contributed by atoms with Gasteiger partial charge in [0, 0.05) is 31.3 Å². The van der Waals surface area contributed by atoms with E-state index in [2.05, 4.69) is 17.2 Å². The zero-order valence-electron chi connectivity index (χ0n) is 16.9. The van der Waals surface area contributed by atoms with Gasteiger partial charge in [0.1, 0.15) is 5.82 Å². The highest BCUT2D eigenvalue weighted by molar-refractivity contribution is 8.00. The van der Waals surface area contributed by atoms with E-state index in [1.54, 1.807) is 26.1 Å². The summed E-state index contributed by atoms with van der Waals surface area (Å²) in [6.45, 7) is 6.39. The maximum Gasteiger partial charge on any atom is 0.257 e. The molecule has 5 nitrogen and oxygen atoms in total. The summed E-state index contributed by atoms with van der Waals surface area (Å²) in [6, 6.07) is 6.10. The largest absolute Gasteiger partial charge is 0.355 e. The molecule has 7 heteroatoms. The summed E-state index contributed by atoms with van der Waals surface area (Å²) >= 11 is 1.28. The molecule has 1 aromatic heterocycles. The monoisotopic (exact) mass is 405 g/mol. The standard InChI is InChI=1S/C21H28FN3O2S/c1-5-6-7-12-23-19(26)15(3)28-21-24-14(2)18(20(27)25(21)4)13-16-8-10-17(22)11-9-16/h8-11,15H,5-7,12-13H2,1-4H3,(H,23,26). The summed E-state index contributed by atoms with van der Waals surface area (Å²) < 4.78 is 14.6. The number of amides is 1. The van der Waals surface area contributed by atoms with E-state index in [0.717, 1.165) is 24.8 Å². The molecule has 0 spiro atoms. The number of nitrogens with zero attached hydrogens (tertiary/aromatic N) is 2. The number of carbonyl (C=O) groups excluding carboxylic acids is 1. The quantitative estimate of drug-likeness (QED) is 0.393. The van der Waals surface area contributed by atoms with Crippen molar-refractivity contribution in [2.75, 3.05) is 6.54 Å². The predicted molar refractivity (Wildman–Crippen MR) is 111 cm³/mol. The smallest absolute Gasteiger partial charge is 0.257 e. The van der Waals surface area contributed by atoms with Gasteiger partial charge in [-0.15, -0.1) is 0 Å². The van der Waals surface area contributed by atoms with E-state index < -0.39 is 0 Å². The molecule has 0 bridgehead atoms. The minimum Gasteiger partial charge on any atom is -0.355 e. The van der Waals surface area contributed by atoms with Gasteiger partial charge in [-0.2, -0.15) is 0 Å². The van der Waals surface area contributed by atoms with Crippen molar-refractivity contribution in [3.8, 4) is 0 Å². The van der Waals surface area contributed by atoms with Gasteiger partial charge in [-0.1, -0.05) is 43.7 Å². The Hall–Kier alpha value is -2.15. The third kappa shape index (κ3) is 5.92. The fourth-order valence-electron chi connectivity index (χ4n) is 2.79. The number of hydrogen-bond acceptors (Lipinski definition) is 4. The molecule has 2 rings (SSSR count). The first-order chi connectivity index (χ1) is 13.3. The molecule has 0 saturated heterocycles. The first kappa shape index (κ1) is 22.1. The van der Waals surface area contributed by atoms with Crippen LogP contribution in [0.5, 0.6) is 0 Å². The number of rotatable bonds is 9. The highest BCUT2D eigenvalue weighted by Gasteiger charge is 2.19. The second-order valence-electron chi connectivity index (χ2n) is 6.88. The summed E-state index contributed by atoms with van der Waals surface area (Å²) in [5.74, 6) is -0.358. The third-order valence-electron chi connectivity index (χ3n) is 4.57. The van der Waals surface area contributed by atoms with Gasteiger partial charge >= 0.3 is 0 Å². The number of thioether (sulfide) groups is 1. The van der Waals surface area contributed by atoms with Crippen molar-refractivity contribution in [3.05, 3.63) is 57.3 Å². The van der Waals surface area contributed by atoms with Crippen LogP contribution in [0.25, 0.3) is 0 Å². The molecule has 28 heavy (non-hydrogen) atoms. The molecule has 152 valence electrons. The number of unbranched alkanes of at least 4 members (excludes halogenated alkanes) is 2. The normalized spacial score (nSPS) is 12.0. The Morgan fingerprint density at radius 3 is 2.61 bits per heavy atom. The lowest BCUT2D eigenvalue weighted by Gasteiger charge is -2.15. The lowest BCUT2D eigenvalue weighted by Crippen LogP contribution is -2.33. The zero-order chi connectivity index (χ0) is 20.7. The van der Waals surface area contributed by atoms with Crippen LogP contribution in [0.1, 0.15) is 49.9 Å². The van der Waals surface area contributed by atoms with Gasteiger partial charge in [-0.3, -0.25) is 14.2 Å². The molecule has 0 aliphatic rings. The Kier molecular flexibility index (Phi) is 8.23. The van der Waals surface area contributed by atoms with Crippen molar-refractivity contribution in [1.29, 1.82) is 0 Å². The second kappa shape index (κ2) is 10.4. The van der Waals surface area contributed by atoms with Crippen molar-refractivity contribution in [2.45, 2.75) is 56.9 Å². The number of nitrogens with one attached hydrogen (secondary N) is 1. The van der Waals surface area contributed by atoms with Gasteiger partial charge in [0.2, 0.25) is 5.91 Å². The van der Waals surface area contributed by atoms with Gasteiger partial charge < -0.3 is 5.32 Å². The molecule has 0 fully saturated rings. The van der Waals surface area contributed by atoms with Gasteiger partial charge in [0.05, 0.1) is 5.25 Å². The Balaban J connectivity index is 2.11. The maximum atomic E-state index is 13.1. The van der Waals surface area contributed by atoms with E-state index in [9.17, 15) is 14.0 Å². The molecule has 1 N–H and O–H groups in total. The van der Waals surface area contributed by atoms with Crippen molar-refractivity contribution < 1.29 is 9.18 Å². The second-order valence-corrected chi connectivity index (χ2v) is 8.19. The Morgan fingerprint density at radius 1 is 1.29 bits per heavy atom. The number of aryl methyl sites for hydroxylation is 1. The maximum absolute atomic E-state index is 13.1. The molecule has 2 aromatic rings. The average Bonchev–Trinajstić information content (AvgIpc) is 2.67. The van der Waals surface area contributed by atoms with Crippen LogP contribution < -0.4 is 10.9 Å². The molecule has 1 unspecified atom stereocenters. The molecule has 1 heterocycles. The van der Waals surface area contributed by atoms with E-state index in [1.165, 1.54) is 28.5 Å². The van der Waals surface area contributed by atoms with Gasteiger partial charge in [-0.05, 0) is 38.0 Å². The van der Waals surface area contributed by atoms with Crippen LogP contribution in [0.3, 0.4) is 0 Å². The molecule has 0 radical (unpaired) electrons. The topological polar surface area (TPSA) is 64.0 Å². The van der Waals surface area contributed by atoms with E-state index in [1.807, 2.05) is 6.92 Å². The van der Waals surface area contributed by atoms with Crippen LogP contribution in [0.2, 0.25) is 0 Å². The highest BCUT2D eigenvalue weighted by Crippen LogP contribution is 2.21. The predicted octanol–water partition coefficient (Wildman–Crippen LogP) is 3.61. The summed E-state index contributed by atoms with van der Waals surface area (Å²) in [5.41, 5.74) is 1.92. The summed E-state index contributed by atoms with van der Waals surface area (Å²) in [5, 5.41) is 3.10. The molecule has 0 saturated carbocycles. The van der Waals surface area contributed by atoms with Crippen LogP contribution in [-0.2, 0) is 18.3 Å².